The lowest BCUT2D eigenvalue weighted by molar-refractivity contribution is 0.685. The average Bonchev–Trinajstić information content (AvgIpc) is 3.11. The Morgan fingerprint density at radius 2 is 2.29 bits per heavy atom. The minimum Gasteiger partial charge on any atom is -0.377 e. The fourth-order valence-corrected chi connectivity index (χ4v) is 2.87. The Hall–Kier alpha value is -2.21. The molecule has 0 aliphatic carbocycles. The molecule has 1 N–H and O–H groups in total. The van der Waals surface area contributed by atoms with Crippen LogP contribution in [0.25, 0.3) is 0 Å². The highest BCUT2D eigenvalue weighted by Gasteiger charge is 2.09. The number of rotatable bonds is 5. The van der Waals surface area contributed by atoms with Crippen molar-refractivity contribution in [2.45, 2.75) is 26.4 Å². The molecule has 1 unspecified atom stereocenters. The molecule has 0 radical (unpaired) electrons. The van der Waals surface area contributed by atoms with Crippen molar-refractivity contribution < 1.29 is 0 Å². The normalized spacial score (nSPS) is 12.3. The first-order valence-corrected chi connectivity index (χ1v) is 7.68. The summed E-state index contributed by atoms with van der Waals surface area (Å²) in [5, 5.41) is 10.8. The van der Waals surface area contributed by atoms with Crippen LogP contribution in [0.2, 0.25) is 0 Å². The highest BCUT2D eigenvalue weighted by atomic mass is 32.1. The Morgan fingerprint density at radius 1 is 1.38 bits per heavy atom. The van der Waals surface area contributed by atoms with Crippen LogP contribution in [0.5, 0.6) is 0 Å². The molecule has 0 bridgehead atoms. The molecule has 2 heterocycles. The van der Waals surface area contributed by atoms with Gasteiger partial charge in [-0.05, 0) is 31.5 Å². The van der Waals surface area contributed by atoms with Crippen molar-refractivity contribution in [2.24, 2.45) is 0 Å². The summed E-state index contributed by atoms with van der Waals surface area (Å²) in [5.74, 6) is 0. The molecular weight excluding hydrogens is 282 g/mol. The highest BCUT2D eigenvalue weighted by molar-refractivity contribution is 7.09. The maximum absolute atomic E-state index is 4.52. The van der Waals surface area contributed by atoms with Crippen molar-refractivity contribution in [3.05, 3.63) is 58.6 Å². The Balaban J connectivity index is 1.71. The van der Waals surface area contributed by atoms with Crippen molar-refractivity contribution in [1.29, 1.82) is 0 Å². The van der Waals surface area contributed by atoms with Crippen molar-refractivity contribution in [2.75, 3.05) is 5.32 Å². The third kappa shape index (κ3) is 3.46. The van der Waals surface area contributed by atoms with Crippen molar-refractivity contribution in [1.82, 2.24) is 19.7 Å². The van der Waals surface area contributed by atoms with E-state index in [9.17, 15) is 0 Å². The number of hydrogen-bond acceptors (Lipinski definition) is 5. The molecule has 3 aromatic rings. The Morgan fingerprint density at radius 3 is 3.00 bits per heavy atom. The number of benzene rings is 1. The van der Waals surface area contributed by atoms with Gasteiger partial charge in [0, 0.05) is 11.1 Å². The summed E-state index contributed by atoms with van der Waals surface area (Å²) in [7, 11) is 0. The molecule has 0 saturated carbocycles. The van der Waals surface area contributed by atoms with Gasteiger partial charge in [-0.25, -0.2) is 14.6 Å². The molecule has 1 aromatic carbocycles. The highest BCUT2D eigenvalue weighted by Crippen LogP contribution is 2.21. The van der Waals surface area contributed by atoms with Gasteiger partial charge in [0.1, 0.15) is 12.7 Å². The maximum Gasteiger partial charge on any atom is 0.137 e. The van der Waals surface area contributed by atoms with Gasteiger partial charge in [0.25, 0.3) is 0 Å². The fourth-order valence-electron chi connectivity index (χ4n) is 2.16. The second-order valence-corrected chi connectivity index (χ2v) is 6.01. The van der Waals surface area contributed by atoms with E-state index in [0.29, 0.717) is 0 Å². The minimum atomic E-state index is 0.191. The zero-order valence-electron chi connectivity index (χ0n) is 12.0. The Bertz CT molecular complexity index is 704. The standard InChI is InChI=1S/C15H17N5S/c1-11(15-8-21-12(2)19-15)18-14-5-3-4-13(6-14)7-20-10-16-9-17-20/h3-6,8-11,18H,7H2,1-2H3. The molecule has 108 valence electrons. The monoisotopic (exact) mass is 299 g/mol. The van der Waals surface area contributed by atoms with Gasteiger partial charge in [-0.3, -0.25) is 0 Å². The second-order valence-electron chi connectivity index (χ2n) is 4.95. The molecule has 1 atom stereocenters. The third-order valence-electron chi connectivity index (χ3n) is 3.20. The first-order valence-electron chi connectivity index (χ1n) is 6.80. The summed E-state index contributed by atoms with van der Waals surface area (Å²) in [6.45, 7) is 4.87. The minimum absolute atomic E-state index is 0.191. The van der Waals surface area contributed by atoms with Gasteiger partial charge in [-0.2, -0.15) is 5.10 Å². The van der Waals surface area contributed by atoms with E-state index in [-0.39, 0.29) is 6.04 Å². The van der Waals surface area contributed by atoms with Gasteiger partial charge in [0.05, 0.1) is 23.3 Å². The average molecular weight is 299 g/mol. The number of thiazole rings is 1. The summed E-state index contributed by atoms with van der Waals surface area (Å²) < 4.78 is 1.81. The molecule has 0 spiro atoms. The van der Waals surface area contributed by atoms with Crippen LogP contribution in [-0.4, -0.2) is 19.7 Å². The molecule has 3 rings (SSSR count). The number of aromatic nitrogens is 4. The molecule has 0 fully saturated rings. The smallest absolute Gasteiger partial charge is 0.137 e. The zero-order valence-corrected chi connectivity index (χ0v) is 12.8. The summed E-state index contributed by atoms with van der Waals surface area (Å²) in [6.07, 6.45) is 3.27. The van der Waals surface area contributed by atoms with Crippen molar-refractivity contribution >= 4 is 17.0 Å². The van der Waals surface area contributed by atoms with Crippen LogP contribution in [0.1, 0.15) is 29.2 Å². The molecule has 5 nitrogen and oxygen atoms in total. The SMILES string of the molecule is Cc1nc(C(C)Nc2cccc(Cn3cncn3)c2)cs1. The van der Waals surface area contributed by atoms with Gasteiger partial charge in [0.15, 0.2) is 0 Å². The first kappa shape index (κ1) is 13.8. The van der Waals surface area contributed by atoms with Gasteiger partial charge in [0.2, 0.25) is 0 Å². The fraction of sp³-hybridized carbons (Fsp3) is 0.267. The lowest BCUT2D eigenvalue weighted by Crippen LogP contribution is -2.08. The quantitative estimate of drug-likeness (QED) is 0.785. The zero-order chi connectivity index (χ0) is 14.7. The van der Waals surface area contributed by atoms with E-state index in [0.717, 1.165) is 22.9 Å². The van der Waals surface area contributed by atoms with E-state index in [1.165, 1.54) is 5.56 Å². The van der Waals surface area contributed by atoms with Crippen LogP contribution in [-0.2, 0) is 6.54 Å². The summed E-state index contributed by atoms with van der Waals surface area (Å²) in [4.78, 5) is 8.48. The first-order chi connectivity index (χ1) is 10.2. The van der Waals surface area contributed by atoms with E-state index in [4.69, 9.17) is 0 Å². The van der Waals surface area contributed by atoms with Crippen LogP contribution < -0.4 is 5.32 Å². The van der Waals surface area contributed by atoms with Gasteiger partial charge >= 0.3 is 0 Å². The van der Waals surface area contributed by atoms with Crippen molar-refractivity contribution in [3.63, 3.8) is 0 Å². The van der Waals surface area contributed by atoms with Gasteiger partial charge in [-0.15, -0.1) is 11.3 Å². The molecule has 21 heavy (non-hydrogen) atoms. The van der Waals surface area contributed by atoms with Gasteiger partial charge < -0.3 is 5.32 Å². The second kappa shape index (κ2) is 6.05. The molecule has 0 saturated heterocycles. The van der Waals surface area contributed by atoms with E-state index in [1.807, 2.05) is 17.7 Å². The molecule has 2 aromatic heterocycles. The number of aryl methyl sites for hydroxylation is 1. The number of nitrogens with zero attached hydrogens (tertiary/aromatic N) is 4. The van der Waals surface area contributed by atoms with E-state index in [1.54, 1.807) is 24.0 Å². The maximum atomic E-state index is 4.52. The van der Waals surface area contributed by atoms with Crippen LogP contribution in [0.15, 0.2) is 42.3 Å². The van der Waals surface area contributed by atoms with E-state index < -0.39 is 0 Å². The third-order valence-corrected chi connectivity index (χ3v) is 3.99. The van der Waals surface area contributed by atoms with Crippen LogP contribution >= 0.6 is 11.3 Å². The number of hydrogen-bond donors (Lipinski definition) is 1. The molecule has 0 amide bonds. The topological polar surface area (TPSA) is 55.6 Å². The van der Waals surface area contributed by atoms with E-state index in [2.05, 4.69) is 50.9 Å². The molecule has 0 aliphatic rings. The van der Waals surface area contributed by atoms with Crippen molar-refractivity contribution in [3.8, 4) is 0 Å². The summed E-state index contributed by atoms with van der Waals surface area (Å²) >= 11 is 1.68. The number of anilines is 1. The molecular formula is C15H17N5S. The lowest BCUT2D eigenvalue weighted by atomic mass is 10.1. The van der Waals surface area contributed by atoms with Crippen LogP contribution in [0, 0.1) is 6.92 Å². The summed E-state index contributed by atoms with van der Waals surface area (Å²) in [5.41, 5.74) is 3.36. The molecule has 0 aliphatic heterocycles. The lowest BCUT2D eigenvalue weighted by Gasteiger charge is -2.14. The predicted octanol–water partition coefficient (Wildman–Crippen LogP) is 3.26. The van der Waals surface area contributed by atoms with E-state index >= 15 is 0 Å². The molecule has 6 heteroatoms. The largest absolute Gasteiger partial charge is 0.377 e. The van der Waals surface area contributed by atoms with Crippen LogP contribution in [0.4, 0.5) is 5.69 Å². The summed E-state index contributed by atoms with van der Waals surface area (Å²) in [6, 6.07) is 8.53. The predicted molar refractivity (Wildman–Crippen MR) is 84.5 cm³/mol. The van der Waals surface area contributed by atoms with Crippen LogP contribution in [0.3, 0.4) is 0 Å². The number of nitrogens with one attached hydrogen (secondary N) is 1. The Labute approximate surface area is 127 Å². The Kier molecular flexibility index (Phi) is 3.96. The van der Waals surface area contributed by atoms with Gasteiger partial charge in [-0.1, -0.05) is 12.1 Å².